The summed E-state index contributed by atoms with van der Waals surface area (Å²) < 4.78 is 5.05. The van der Waals surface area contributed by atoms with E-state index in [1.807, 2.05) is 31.2 Å². The molecule has 1 heterocycles. The summed E-state index contributed by atoms with van der Waals surface area (Å²) in [4.78, 5) is 11.6. The highest BCUT2D eigenvalue weighted by atomic mass is 16.4. The monoisotopic (exact) mass is 274 g/mol. The fourth-order valence-electron chi connectivity index (χ4n) is 1.72. The predicted octanol–water partition coefficient (Wildman–Crippen LogP) is 2.12. The van der Waals surface area contributed by atoms with E-state index in [1.54, 1.807) is 12.1 Å². The Kier molecular flexibility index (Phi) is 4.79. The van der Waals surface area contributed by atoms with Crippen molar-refractivity contribution in [3.63, 3.8) is 0 Å². The van der Waals surface area contributed by atoms with Crippen molar-refractivity contribution < 1.29 is 14.3 Å². The third-order valence-corrected chi connectivity index (χ3v) is 2.90. The van der Waals surface area contributed by atoms with Gasteiger partial charge in [-0.2, -0.15) is 0 Å². The number of nitrogens with one attached hydrogen (secondary N) is 2. The molecule has 0 aliphatic carbocycles. The number of rotatable bonds is 5. The van der Waals surface area contributed by atoms with Gasteiger partial charge in [-0.1, -0.05) is 29.8 Å². The van der Waals surface area contributed by atoms with Crippen molar-refractivity contribution in [1.82, 2.24) is 10.6 Å². The summed E-state index contributed by atoms with van der Waals surface area (Å²) in [5.74, 6) is 0.434. The third-order valence-electron chi connectivity index (χ3n) is 2.90. The lowest BCUT2D eigenvalue weighted by Crippen LogP contribution is -2.37. The molecule has 0 radical (unpaired) electrons. The van der Waals surface area contributed by atoms with Gasteiger partial charge in [0.15, 0.2) is 0 Å². The molecule has 5 nitrogen and oxygen atoms in total. The Morgan fingerprint density at radius 1 is 1.25 bits per heavy atom. The van der Waals surface area contributed by atoms with Gasteiger partial charge in [-0.3, -0.25) is 0 Å². The van der Waals surface area contributed by atoms with Gasteiger partial charge in [0.05, 0.1) is 12.8 Å². The average Bonchev–Trinajstić information content (AvgIpc) is 2.98. The summed E-state index contributed by atoms with van der Waals surface area (Å²) >= 11 is 0. The minimum Gasteiger partial charge on any atom is -0.467 e. The van der Waals surface area contributed by atoms with Crippen LogP contribution in [0.5, 0.6) is 0 Å². The molecule has 0 aliphatic rings. The second-order valence-corrected chi connectivity index (χ2v) is 4.58. The first-order valence-corrected chi connectivity index (χ1v) is 6.44. The maximum Gasteiger partial charge on any atom is 0.315 e. The summed E-state index contributed by atoms with van der Waals surface area (Å²) in [5, 5.41) is 15.1. The zero-order chi connectivity index (χ0) is 14.4. The Balaban J connectivity index is 1.71. The highest BCUT2D eigenvalue weighted by molar-refractivity contribution is 5.73. The number of amides is 2. The van der Waals surface area contributed by atoms with E-state index >= 15 is 0 Å². The maximum absolute atomic E-state index is 11.6. The van der Waals surface area contributed by atoms with Gasteiger partial charge in [0.25, 0.3) is 0 Å². The van der Waals surface area contributed by atoms with Gasteiger partial charge in [0, 0.05) is 6.54 Å². The van der Waals surface area contributed by atoms with Gasteiger partial charge in [-0.05, 0) is 24.6 Å². The summed E-state index contributed by atoms with van der Waals surface area (Å²) in [5.41, 5.74) is 2.21. The number of carbonyl (C=O) groups is 1. The fourth-order valence-corrected chi connectivity index (χ4v) is 1.72. The molecule has 0 fully saturated rings. The van der Waals surface area contributed by atoms with Crippen molar-refractivity contribution >= 4 is 6.03 Å². The van der Waals surface area contributed by atoms with E-state index in [1.165, 1.54) is 11.8 Å². The molecule has 1 aromatic carbocycles. The number of furan rings is 1. The van der Waals surface area contributed by atoms with Crippen molar-refractivity contribution in [1.29, 1.82) is 0 Å². The zero-order valence-corrected chi connectivity index (χ0v) is 11.3. The lowest BCUT2D eigenvalue weighted by atomic mass is 10.1. The highest BCUT2D eigenvalue weighted by Crippen LogP contribution is 2.11. The van der Waals surface area contributed by atoms with Gasteiger partial charge in [-0.25, -0.2) is 4.79 Å². The number of aliphatic hydroxyl groups is 1. The molecule has 3 N–H and O–H groups in total. The van der Waals surface area contributed by atoms with Crippen molar-refractivity contribution in [2.75, 3.05) is 6.54 Å². The lowest BCUT2D eigenvalue weighted by molar-refractivity contribution is 0.148. The predicted molar refractivity (Wildman–Crippen MR) is 75.1 cm³/mol. The minimum absolute atomic E-state index is 0.104. The SMILES string of the molecule is Cc1ccc(CNC(=O)NCC(O)c2ccco2)cc1. The number of aliphatic hydroxyl groups excluding tert-OH is 1. The van der Waals surface area contributed by atoms with Crippen LogP contribution in [0.3, 0.4) is 0 Å². The maximum atomic E-state index is 11.6. The van der Waals surface area contributed by atoms with Crippen LogP contribution in [0.15, 0.2) is 47.1 Å². The smallest absolute Gasteiger partial charge is 0.315 e. The second-order valence-electron chi connectivity index (χ2n) is 4.58. The molecule has 20 heavy (non-hydrogen) atoms. The molecule has 106 valence electrons. The standard InChI is InChI=1S/C15H18N2O3/c1-11-4-6-12(7-5-11)9-16-15(19)17-10-13(18)14-3-2-8-20-14/h2-8,13,18H,9-10H2,1H3,(H2,16,17,19). The van der Waals surface area contributed by atoms with Crippen LogP contribution in [0.2, 0.25) is 0 Å². The molecule has 1 aromatic heterocycles. The molecule has 5 heteroatoms. The Morgan fingerprint density at radius 3 is 2.65 bits per heavy atom. The van der Waals surface area contributed by atoms with Crippen LogP contribution in [-0.4, -0.2) is 17.7 Å². The van der Waals surface area contributed by atoms with Crippen LogP contribution in [0.25, 0.3) is 0 Å². The van der Waals surface area contributed by atoms with Gasteiger partial charge in [0.2, 0.25) is 0 Å². The molecule has 0 spiro atoms. The van der Waals surface area contributed by atoms with E-state index in [9.17, 15) is 9.90 Å². The number of hydrogen-bond acceptors (Lipinski definition) is 3. The first-order valence-electron chi connectivity index (χ1n) is 6.44. The van der Waals surface area contributed by atoms with Gasteiger partial charge in [-0.15, -0.1) is 0 Å². The van der Waals surface area contributed by atoms with Crippen molar-refractivity contribution in [3.05, 3.63) is 59.5 Å². The largest absolute Gasteiger partial charge is 0.467 e. The van der Waals surface area contributed by atoms with Gasteiger partial charge in [0.1, 0.15) is 11.9 Å². The molecular weight excluding hydrogens is 256 g/mol. The topological polar surface area (TPSA) is 74.5 Å². The van der Waals surface area contributed by atoms with E-state index in [-0.39, 0.29) is 12.6 Å². The molecule has 2 aromatic rings. The number of carbonyl (C=O) groups excluding carboxylic acids is 1. The quantitative estimate of drug-likeness (QED) is 0.781. The number of urea groups is 1. The molecule has 1 unspecified atom stereocenters. The van der Waals surface area contributed by atoms with Crippen LogP contribution in [0, 0.1) is 6.92 Å². The molecular formula is C15H18N2O3. The summed E-state index contributed by atoms with van der Waals surface area (Å²) in [6, 6.07) is 11.0. The van der Waals surface area contributed by atoms with Gasteiger partial charge < -0.3 is 20.2 Å². The number of aryl methyl sites for hydroxylation is 1. The zero-order valence-electron chi connectivity index (χ0n) is 11.3. The first-order chi connectivity index (χ1) is 9.65. The van der Waals surface area contributed by atoms with E-state index < -0.39 is 6.10 Å². The first kappa shape index (κ1) is 14.1. The van der Waals surface area contributed by atoms with Crippen LogP contribution >= 0.6 is 0 Å². The molecule has 0 bridgehead atoms. The summed E-state index contributed by atoms with van der Waals surface area (Å²) in [6.45, 7) is 2.57. The highest BCUT2D eigenvalue weighted by Gasteiger charge is 2.11. The lowest BCUT2D eigenvalue weighted by Gasteiger charge is -2.11. The Morgan fingerprint density at radius 2 is 2.00 bits per heavy atom. The Labute approximate surface area is 117 Å². The molecule has 1 atom stereocenters. The molecule has 2 amide bonds. The fraction of sp³-hybridized carbons (Fsp3) is 0.267. The van der Waals surface area contributed by atoms with Crippen molar-refractivity contribution in [2.45, 2.75) is 19.6 Å². The second kappa shape index (κ2) is 6.77. The van der Waals surface area contributed by atoms with Crippen LogP contribution in [0.4, 0.5) is 4.79 Å². The van der Waals surface area contributed by atoms with Crippen LogP contribution in [0.1, 0.15) is 23.0 Å². The van der Waals surface area contributed by atoms with E-state index in [4.69, 9.17) is 4.42 Å². The average molecular weight is 274 g/mol. The molecule has 0 saturated heterocycles. The van der Waals surface area contributed by atoms with Crippen LogP contribution < -0.4 is 10.6 Å². The Hall–Kier alpha value is -2.27. The van der Waals surface area contributed by atoms with Crippen molar-refractivity contribution in [2.24, 2.45) is 0 Å². The van der Waals surface area contributed by atoms with Gasteiger partial charge >= 0.3 is 6.03 Å². The van der Waals surface area contributed by atoms with E-state index in [0.717, 1.165) is 5.56 Å². The third kappa shape index (κ3) is 4.13. The van der Waals surface area contributed by atoms with E-state index in [0.29, 0.717) is 12.3 Å². The number of hydrogen-bond donors (Lipinski definition) is 3. The molecule has 0 saturated carbocycles. The summed E-state index contributed by atoms with van der Waals surface area (Å²) in [6.07, 6.45) is 0.644. The van der Waals surface area contributed by atoms with Crippen molar-refractivity contribution in [3.8, 4) is 0 Å². The van der Waals surface area contributed by atoms with Crippen LogP contribution in [-0.2, 0) is 6.54 Å². The minimum atomic E-state index is -0.838. The summed E-state index contributed by atoms with van der Waals surface area (Å²) in [7, 11) is 0. The molecule has 2 rings (SSSR count). The normalized spacial score (nSPS) is 11.9. The molecule has 0 aliphatic heterocycles. The Bertz CT molecular complexity index is 535. The van der Waals surface area contributed by atoms with E-state index in [2.05, 4.69) is 10.6 Å². The number of benzene rings is 1.